The molecule has 3 nitrogen and oxygen atoms in total. The maximum Gasteiger partial charge on any atom is 0.133 e. The van der Waals surface area contributed by atoms with E-state index in [4.69, 9.17) is 28.3 Å². The highest BCUT2D eigenvalue weighted by Gasteiger charge is 2.24. The zero-order chi connectivity index (χ0) is 21.9. The molecule has 0 aliphatic carbocycles. The van der Waals surface area contributed by atoms with Gasteiger partial charge in [-0.2, -0.15) is 5.10 Å². The van der Waals surface area contributed by atoms with E-state index >= 15 is 0 Å². The molecule has 0 radical (unpaired) electrons. The topological polar surface area (TPSA) is 29.9 Å². The second-order valence-corrected chi connectivity index (χ2v) is 9.06. The minimum Gasteiger partial charge on any atom is -0.370 e. The van der Waals surface area contributed by atoms with Crippen LogP contribution in [0.4, 0.5) is 5.82 Å². The smallest absolute Gasteiger partial charge is 0.133 e. The lowest BCUT2D eigenvalue weighted by molar-refractivity contribution is 0.727. The first-order valence-corrected chi connectivity index (χ1v) is 11.9. The molecule has 1 aliphatic rings. The van der Waals surface area contributed by atoms with Gasteiger partial charge < -0.3 is 5.32 Å². The Morgan fingerprint density at radius 3 is 2.19 bits per heavy atom. The Balaban J connectivity index is 1.60. The number of anilines is 1. The number of nitrogens with zero attached hydrogens (tertiary/aromatic N) is 2. The molecule has 0 saturated carbocycles. The minimum absolute atomic E-state index is 0.238. The van der Waals surface area contributed by atoms with Crippen LogP contribution in [0.15, 0.2) is 78.9 Å². The predicted octanol–water partition coefficient (Wildman–Crippen LogP) is 7.30. The second kappa shape index (κ2) is 9.40. The third-order valence-electron chi connectivity index (χ3n) is 6.16. The molecule has 0 atom stereocenters. The predicted molar refractivity (Wildman–Crippen MR) is 133 cm³/mol. The quantitative estimate of drug-likeness (QED) is 0.337. The largest absolute Gasteiger partial charge is 0.370 e. The molecule has 32 heavy (non-hydrogen) atoms. The van der Waals surface area contributed by atoms with Gasteiger partial charge in [0.1, 0.15) is 5.82 Å². The average Bonchev–Trinajstić information content (AvgIpc) is 2.99. The van der Waals surface area contributed by atoms with Gasteiger partial charge in [-0.3, -0.25) is 0 Å². The van der Waals surface area contributed by atoms with Crippen molar-refractivity contribution >= 4 is 29.0 Å². The summed E-state index contributed by atoms with van der Waals surface area (Å²) in [4.78, 5) is 0. The Labute approximate surface area is 199 Å². The molecular formula is C27H25Cl2N3. The molecule has 0 unspecified atom stereocenters. The van der Waals surface area contributed by atoms with Gasteiger partial charge in [-0.1, -0.05) is 83.9 Å². The monoisotopic (exact) mass is 461 g/mol. The molecule has 0 spiro atoms. The fraction of sp³-hybridized carbons (Fsp3) is 0.222. The number of benzene rings is 3. The van der Waals surface area contributed by atoms with E-state index in [1.165, 1.54) is 16.7 Å². The van der Waals surface area contributed by atoms with Crippen LogP contribution in [-0.2, 0) is 12.8 Å². The molecule has 0 saturated heterocycles. The number of rotatable bonds is 5. The van der Waals surface area contributed by atoms with Gasteiger partial charge in [0.25, 0.3) is 0 Å². The summed E-state index contributed by atoms with van der Waals surface area (Å²) in [7, 11) is 0. The molecule has 5 heteroatoms. The van der Waals surface area contributed by atoms with Crippen molar-refractivity contribution in [2.45, 2.75) is 31.6 Å². The van der Waals surface area contributed by atoms with Crippen LogP contribution in [-0.4, -0.2) is 16.3 Å². The first kappa shape index (κ1) is 21.1. The van der Waals surface area contributed by atoms with Crippen LogP contribution in [0.5, 0.6) is 0 Å². The molecule has 3 aromatic carbocycles. The van der Waals surface area contributed by atoms with Gasteiger partial charge in [0.2, 0.25) is 0 Å². The van der Waals surface area contributed by atoms with E-state index in [2.05, 4.69) is 66.0 Å². The Hall–Kier alpha value is -2.75. The second-order valence-electron chi connectivity index (χ2n) is 8.25. The maximum atomic E-state index is 6.34. The number of hydrogen-bond acceptors (Lipinski definition) is 2. The number of hydrogen-bond donors (Lipinski definition) is 1. The summed E-state index contributed by atoms with van der Waals surface area (Å²) in [5.41, 5.74) is 5.98. The van der Waals surface area contributed by atoms with E-state index in [0.717, 1.165) is 49.4 Å². The summed E-state index contributed by atoms with van der Waals surface area (Å²) < 4.78 is 2.01. The summed E-state index contributed by atoms with van der Waals surface area (Å²) in [6.45, 7) is 0.945. The summed E-state index contributed by atoms with van der Waals surface area (Å²) in [5.74, 6) is 1.32. The summed E-state index contributed by atoms with van der Waals surface area (Å²) in [6, 6.07) is 27.1. The molecule has 0 fully saturated rings. The lowest BCUT2D eigenvalue weighted by atomic mass is 9.86. The molecule has 1 aromatic heterocycles. The van der Waals surface area contributed by atoms with Crippen LogP contribution >= 0.6 is 23.2 Å². The van der Waals surface area contributed by atoms with Gasteiger partial charge in [0.05, 0.1) is 21.4 Å². The third-order valence-corrected chi connectivity index (χ3v) is 6.90. The van der Waals surface area contributed by atoms with Crippen molar-refractivity contribution in [1.82, 2.24) is 9.78 Å². The molecule has 5 rings (SSSR count). The Bertz CT molecular complexity index is 1160. The zero-order valence-electron chi connectivity index (χ0n) is 17.8. The third kappa shape index (κ3) is 4.28. The Morgan fingerprint density at radius 2 is 1.53 bits per heavy atom. The van der Waals surface area contributed by atoms with E-state index in [0.29, 0.717) is 10.0 Å². The normalized spacial score (nSPS) is 13.5. The standard InChI is InChI=1S/C27H25Cl2N3/c28-24-15-14-21(17-25(24)29)32-27-22(13-7-8-16-30-27)26(31-32)18-23(19-9-3-1-4-10-19)20-11-5-2-6-12-20/h1-6,9-12,14-15,17,23,30H,7-8,13,16,18H2. The van der Waals surface area contributed by atoms with Crippen LogP contribution < -0.4 is 5.32 Å². The first-order chi connectivity index (χ1) is 15.7. The van der Waals surface area contributed by atoms with E-state index in [1.54, 1.807) is 0 Å². The Morgan fingerprint density at radius 1 is 0.844 bits per heavy atom. The number of halogens is 2. The van der Waals surface area contributed by atoms with Crippen LogP contribution in [0.2, 0.25) is 10.0 Å². The van der Waals surface area contributed by atoms with E-state index in [9.17, 15) is 0 Å². The number of aromatic nitrogens is 2. The maximum absolute atomic E-state index is 6.34. The lowest BCUT2D eigenvalue weighted by Crippen LogP contribution is -2.08. The van der Waals surface area contributed by atoms with Crippen LogP contribution in [0.3, 0.4) is 0 Å². The summed E-state index contributed by atoms with van der Waals surface area (Å²) >= 11 is 12.5. The SMILES string of the molecule is Clc1ccc(-n2nc(CC(c3ccccc3)c3ccccc3)c3c2NCCCC3)cc1Cl. The number of nitrogens with one attached hydrogen (secondary N) is 1. The van der Waals surface area contributed by atoms with Gasteiger partial charge in [0, 0.05) is 24.4 Å². The molecule has 4 aromatic rings. The highest BCUT2D eigenvalue weighted by atomic mass is 35.5. The van der Waals surface area contributed by atoms with E-state index < -0.39 is 0 Å². The van der Waals surface area contributed by atoms with E-state index in [1.807, 2.05) is 22.9 Å². The highest BCUT2D eigenvalue weighted by molar-refractivity contribution is 6.42. The van der Waals surface area contributed by atoms with Crippen LogP contribution in [0.25, 0.3) is 5.69 Å². The van der Waals surface area contributed by atoms with Gasteiger partial charge in [-0.05, 0) is 48.6 Å². The number of fused-ring (bicyclic) bond motifs is 1. The van der Waals surface area contributed by atoms with Crippen molar-refractivity contribution in [3.05, 3.63) is 111 Å². The minimum atomic E-state index is 0.238. The average molecular weight is 462 g/mol. The van der Waals surface area contributed by atoms with Crippen molar-refractivity contribution in [3.63, 3.8) is 0 Å². The fourth-order valence-electron chi connectivity index (χ4n) is 4.53. The summed E-state index contributed by atoms with van der Waals surface area (Å²) in [5, 5.41) is 9.83. The molecule has 162 valence electrons. The zero-order valence-corrected chi connectivity index (χ0v) is 19.3. The van der Waals surface area contributed by atoms with Crippen molar-refractivity contribution in [3.8, 4) is 5.69 Å². The molecule has 1 aliphatic heterocycles. The molecular weight excluding hydrogens is 437 g/mol. The van der Waals surface area contributed by atoms with Gasteiger partial charge in [-0.25, -0.2) is 4.68 Å². The highest BCUT2D eigenvalue weighted by Crippen LogP contribution is 2.35. The first-order valence-electron chi connectivity index (χ1n) is 11.1. The molecule has 0 bridgehead atoms. The summed E-state index contributed by atoms with van der Waals surface area (Å²) in [6.07, 6.45) is 4.17. The molecule has 2 heterocycles. The van der Waals surface area contributed by atoms with Crippen molar-refractivity contribution in [1.29, 1.82) is 0 Å². The Kier molecular flexibility index (Phi) is 6.20. The van der Waals surface area contributed by atoms with E-state index in [-0.39, 0.29) is 5.92 Å². The molecule has 0 amide bonds. The van der Waals surface area contributed by atoms with Crippen molar-refractivity contribution < 1.29 is 0 Å². The van der Waals surface area contributed by atoms with Gasteiger partial charge in [-0.15, -0.1) is 0 Å². The van der Waals surface area contributed by atoms with Crippen LogP contribution in [0.1, 0.15) is 41.1 Å². The lowest BCUT2D eigenvalue weighted by Gasteiger charge is -2.18. The molecule has 1 N–H and O–H groups in total. The van der Waals surface area contributed by atoms with Crippen LogP contribution in [0, 0.1) is 0 Å². The van der Waals surface area contributed by atoms with Crippen molar-refractivity contribution in [2.24, 2.45) is 0 Å². The van der Waals surface area contributed by atoms with Gasteiger partial charge >= 0.3 is 0 Å². The van der Waals surface area contributed by atoms with Crippen molar-refractivity contribution in [2.75, 3.05) is 11.9 Å². The fourth-order valence-corrected chi connectivity index (χ4v) is 4.83. The van der Waals surface area contributed by atoms with Gasteiger partial charge in [0.15, 0.2) is 0 Å².